The van der Waals surface area contributed by atoms with Crippen LogP contribution in [0.2, 0.25) is 0 Å². The lowest BCUT2D eigenvalue weighted by Gasteiger charge is -2.31. The van der Waals surface area contributed by atoms with Crippen molar-refractivity contribution >= 4 is 5.69 Å². The number of nitrogen functional groups attached to an aromatic ring is 1. The molecule has 0 fully saturated rings. The van der Waals surface area contributed by atoms with Crippen molar-refractivity contribution in [3.8, 4) is 11.5 Å². The number of anilines is 1. The van der Waals surface area contributed by atoms with Gasteiger partial charge in [-0.1, -0.05) is 0 Å². The molecule has 0 radical (unpaired) electrons. The second-order valence-electron chi connectivity index (χ2n) is 3.06. The maximum absolute atomic E-state index is 12.9. The highest BCUT2D eigenvalue weighted by Gasteiger charge is 2.66. The quantitative estimate of drug-likeness (QED) is 0.560. The van der Waals surface area contributed by atoms with Crippen LogP contribution in [-0.2, 0) is 0 Å². The van der Waals surface area contributed by atoms with Crippen LogP contribution in [0.1, 0.15) is 0 Å². The molecule has 0 unspecified atom stereocenters. The van der Waals surface area contributed by atoms with Crippen LogP contribution >= 0.6 is 0 Å². The van der Waals surface area contributed by atoms with Gasteiger partial charge in [-0.2, -0.15) is 17.6 Å². The molecule has 1 aliphatic rings. The second-order valence-corrected chi connectivity index (χ2v) is 3.06. The van der Waals surface area contributed by atoms with Crippen LogP contribution < -0.4 is 15.2 Å². The number of fused-ring (bicyclic) bond motifs is 1. The van der Waals surface area contributed by atoms with Gasteiger partial charge in [0.25, 0.3) is 0 Å². The van der Waals surface area contributed by atoms with Crippen molar-refractivity contribution < 1.29 is 31.4 Å². The van der Waals surface area contributed by atoms with E-state index >= 15 is 0 Å². The number of benzene rings is 1. The summed E-state index contributed by atoms with van der Waals surface area (Å²) in [5.74, 6) is -2.64. The first-order valence-corrected chi connectivity index (χ1v) is 3.95. The zero-order valence-corrected chi connectivity index (χ0v) is 7.44. The average molecular weight is 241 g/mol. The highest BCUT2D eigenvalue weighted by Crippen LogP contribution is 2.47. The zero-order valence-electron chi connectivity index (χ0n) is 7.44. The number of ether oxygens (including phenoxy) is 2. The molecule has 1 aromatic carbocycles. The molecule has 2 rings (SSSR count). The number of alkyl halides is 4. The van der Waals surface area contributed by atoms with Crippen molar-refractivity contribution in [1.29, 1.82) is 0 Å². The Morgan fingerprint density at radius 2 is 1.38 bits per heavy atom. The Kier molecular flexibility index (Phi) is 1.95. The van der Waals surface area contributed by atoms with Crippen molar-refractivity contribution in [3.63, 3.8) is 0 Å². The lowest BCUT2D eigenvalue weighted by molar-refractivity contribution is -0.391. The van der Waals surface area contributed by atoms with Gasteiger partial charge < -0.3 is 15.2 Å². The van der Waals surface area contributed by atoms with Gasteiger partial charge in [-0.25, -0.2) is 4.39 Å². The van der Waals surface area contributed by atoms with E-state index in [2.05, 4.69) is 9.47 Å². The lowest BCUT2D eigenvalue weighted by atomic mass is 10.2. The molecule has 0 bridgehead atoms. The molecule has 0 saturated carbocycles. The predicted octanol–water partition coefficient (Wildman–Crippen LogP) is 2.36. The molecule has 0 aliphatic carbocycles. The van der Waals surface area contributed by atoms with Crippen LogP contribution in [0.25, 0.3) is 0 Å². The summed E-state index contributed by atoms with van der Waals surface area (Å²) >= 11 is 0. The third kappa shape index (κ3) is 1.41. The zero-order chi connectivity index (χ0) is 12.1. The van der Waals surface area contributed by atoms with Crippen molar-refractivity contribution in [2.75, 3.05) is 5.73 Å². The molecule has 88 valence electrons. The smallest absolute Gasteiger partial charge is 0.421 e. The van der Waals surface area contributed by atoms with Crippen LogP contribution in [0.5, 0.6) is 11.5 Å². The van der Waals surface area contributed by atoms with Crippen LogP contribution in [0.4, 0.5) is 27.6 Å². The van der Waals surface area contributed by atoms with Crippen molar-refractivity contribution in [2.45, 2.75) is 12.2 Å². The summed E-state index contributed by atoms with van der Waals surface area (Å²) < 4.78 is 70.8. The van der Waals surface area contributed by atoms with Gasteiger partial charge in [-0.3, -0.25) is 0 Å². The van der Waals surface area contributed by atoms with Gasteiger partial charge >= 0.3 is 12.2 Å². The van der Waals surface area contributed by atoms with Gasteiger partial charge in [0, 0.05) is 12.1 Å². The molecule has 0 amide bonds. The highest BCUT2D eigenvalue weighted by molar-refractivity contribution is 5.54. The molecule has 1 aliphatic heterocycles. The minimum Gasteiger partial charge on any atom is -0.421 e. The van der Waals surface area contributed by atoms with Gasteiger partial charge in [-0.05, 0) is 0 Å². The predicted molar refractivity (Wildman–Crippen MR) is 42.0 cm³/mol. The fourth-order valence-electron chi connectivity index (χ4n) is 1.11. The summed E-state index contributed by atoms with van der Waals surface area (Å²) in [5.41, 5.74) is 4.55. The van der Waals surface area contributed by atoms with Crippen LogP contribution in [-0.4, -0.2) is 12.2 Å². The van der Waals surface area contributed by atoms with Crippen LogP contribution in [0.3, 0.4) is 0 Å². The van der Waals surface area contributed by atoms with Crippen LogP contribution in [0.15, 0.2) is 12.1 Å². The summed E-state index contributed by atoms with van der Waals surface area (Å²) in [6.45, 7) is 0. The molecule has 1 aromatic rings. The van der Waals surface area contributed by atoms with Crippen LogP contribution in [0, 0.1) is 5.82 Å². The van der Waals surface area contributed by atoms with Gasteiger partial charge in [0.1, 0.15) is 5.82 Å². The third-order valence-corrected chi connectivity index (χ3v) is 1.88. The number of hydrogen-bond acceptors (Lipinski definition) is 3. The first-order valence-electron chi connectivity index (χ1n) is 3.95. The Bertz CT molecular complexity index is 407. The van der Waals surface area contributed by atoms with Crippen molar-refractivity contribution in [1.82, 2.24) is 0 Å². The van der Waals surface area contributed by atoms with E-state index in [4.69, 9.17) is 5.73 Å². The Morgan fingerprint density at radius 3 is 1.88 bits per heavy atom. The van der Waals surface area contributed by atoms with Gasteiger partial charge in [0.15, 0.2) is 11.5 Å². The average Bonchev–Trinajstić information content (AvgIpc) is 2.10. The second kappa shape index (κ2) is 2.89. The summed E-state index contributed by atoms with van der Waals surface area (Å²) in [6.07, 6.45) is -9.69. The summed E-state index contributed by atoms with van der Waals surface area (Å²) in [7, 11) is 0. The number of halogens is 5. The Balaban J connectivity index is 2.52. The summed E-state index contributed by atoms with van der Waals surface area (Å²) in [4.78, 5) is 0. The fraction of sp³-hybridized carbons (Fsp3) is 0.250. The van der Waals surface area contributed by atoms with Gasteiger partial charge in [0.05, 0.1) is 5.69 Å². The summed E-state index contributed by atoms with van der Waals surface area (Å²) in [6, 6.07) is 1.10. The van der Waals surface area contributed by atoms with Gasteiger partial charge in [0.2, 0.25) is 0 Å². The van der Waals surface area contributed by atoms with E-state index in [0.29, 0.717) is 12.1 Å². The first kappa shape index (κ1) is 10.8. The Labute approximate surface area is 85.6 Å². The number of hydrogen-bond donors (Lipinski definition) is 1. The number of rotatable bonds is 0. The van der Waals surface area contributed by atoms with E-state index in [0.717, 1.165) is 0 Å². The first-order chi connectivity index (χ1) is 7.23. The standard InChI is InChI=1S/C8H4F5NO2/c9-3-1-5-6(2-4(3)14)16-8(12,13)7(10,11)15-5/h1-2H,14H2. The van der Waals surface area contributed by atoms with E-state index in [9.17, 15) is 22.0 Å². The molecular weight excluding hydrogens is 237 g/mol. The molecule has 0 saturated heterocycles. The largest absolute Gasteiger partial charge is 0.507 e. The van der Waals surface area contributed by atoms with Crippen molar-refractivity contribution in [2.24, 2.45) is 0 Å². The number of nitrogens with two attached hydrogens (primary N) is 1. The van der Waals surface area contributed by atoms with Crippen molar-refractivity contribution in [3.05, 3.63) is 17.9 Å². The highest BCUT2D eigenvalue weighted by atomic mass is 19.3. The maximum atomic E-state index is 12.9. The topological polar surface area (TPSA) is 44.5 Å². The Hall–Kier alpha value is -1.73. The lowest BCUT2D eigenvalue weighted by Crippen LogP contribution is -2.52. The minimum atomic E-state index is -4.86. The third-order valence-electron chi connectivity index (χ3n) is 1.88. The SMILES string of the molecule is Nc1cc2c(cc1F)OC(F)(F)C(F)(F)O2. The molecule has 16 heavy (non-hydrogen) atoms. The monoisotopic (exact) mass is 241 g/mol. The summed E-state index contributed by atoms with van der Waals surface area (Å²) in [5, 5.41) is 0. The Morgan fingerprint density at radius 1 is 0.938 bits per heavy atom. The van der Waals surface area contributed by atoms with E-state index in [1.165, 1.54) is 0 Å². The van der Waals surface area contributed by atoms with E-state index in [1.807, 2.05) is 0 Å². The molecule has 0 atom stereocenters. The molecule has 0 aromatic heterocycles. The maximum Gasteiger partial charge on any atom is 0.507 e. The van der Waals surface area contributed by atoms with E-state index in [1.54, 1.807) is 0 Å². The molecule has 2 N–H and O–H groups in total. The fourth-order valence-corrected chi connectivity index (χ4v) is 1.11. The van der Waals surface area contributed by atoms with E-state index < -0.39 is 35.2 Å². The normalized spacial score (nSPS) is 20.6. The molecule has 3 nitrogen and oxygen atoms in total. The molecular formula is C8H4F5NO2. The minimum absolute atomic E-state index is 0.452. The van der Waals surface area contributed by atoms with E-state index in [-0.39, 0.29) is 0 Å². The molecule has 0 spiro atoms. The van der Waals surface area contributed by atoms with Gasteiger partial charge in [-0.15, -0.1) is 0 Å². The molecule has 1 heterocycles. The molecule has 8 heteroatoms.